The van der Waals surface area contributed by atoms with Crippen molar-refractivity contribution >= 4 is 22.5 Å². The maximum absolute atomic E-state index is 14.0. The lowest BCUT2D eigenvalue weighted by Crippen LogP contribution is -2.02. The van der Waals surface area contributed by atoms with E-state index in [4.69, 9.17) is 0 Å². The van der Waals surface area contributed by atoms with Gasteiger partial charge < -0.3 is 4.74 Å². The highest BCUT2D eigenvalue weighted by Crippen LogP contribution is 2.31. The van der Waals surface area contributed by atoms with Crippen LogP contribution in [0.5, 0.6) is 0 Å². The van der Waals surface area contributed by atoms with Gasteiger partial charge in [0.2, 0.25) is 0 Å². The van der Waals surface area contributed by atoms with Crippen LogP contribution in [0.15, 0.2) is 54.6 Å². The molecule has 120 valence electrons. The van der Waals surface area contributed by atoms with E-state index in [2.05, 4.69) is 4.74 Å². The van der Waals surface area contributed by atoms with Crippen LogP contribution in [0.2, 0.25) is 0 Å². The minimum absolute atomic E-state index is 0.0772. The highest BCUT2D eigenvalue weighted by Gasteiger charge is 2.13. The molecule has 0 bridgehead atoms. The fourth-order valence-electron chi connectivity index (χ4n) is 2.73. The van der Waals surface area contributed by atoms with Crippen LogP contribution in [-0.4, -0.2) is 18.9 Å². The van der Waals surface area contributed by atoms with E-state index < -0.39 is 11.8 Å². The molecule has 24 heavy (non-hydrogen) atoms. The molecule has 0 saturated carbocycles. The van der Waals surface area contributed by atoms with Crippen LogP contribution in [0.4, 0.5) is 4.39 Å². The van der Waals surface area contributed by atoms with E-state index >= 15 is 0 Å². The summed E-state index contributed by atoms with van der Waals surface area (Å²) in [5.74, 6) is -1.22. The Morgan fingerprint density at radius 2 is 1.71 bits per heavy atom. The van der Waals surface area contributed by atoms with E-state index in [1.807, 2.05) is 30.3 Å². The monoisotopic (exact) mass is 322 g/mol. The number of fused-ring (bicyclic) bond motifs is 1. The van der Waals surface area contributed by atoms with Crippen LogP contribution >= 0.6 is 0 Å². The van der Waals surface area contributed by atoms with E-state index in [1.54, 1.807) is 12.1 Å². The van der Waals surface area contributed by atoms with Gasteiger partial charge in [-0.3, -0.25) is 4.79 Å². The van der Waals surface area contributed by atoms with Gasteiger partial charge in [0, 0.05) is 5.56 Å². The molecular formula is C20H15FO3. The van der Waals surface area contributed by atoms with Gasteiger partial charge in [-0.2, -0.15) is 0 Å². The molecule has 0 aliphatic heterocycles. The molecular weight excluding hydrogens is 307 g/mol. The maximum Gasteiger partial charge on any atom is 0.337 e. The number of methoxy groups -OCH3 is 1. The smallest absolute Gasteiger partial charge is 0.337 e. The lowest BCUT2D eigenvalue weighted by Gasteiger charge is -2.11. The van der Waals surface area contributed by atoms with Crippen molar-refractivity contribution in [2.75, 3.05) is 7.11 Å². The number of ether oxygens (including phenoxy) is 1. The summed E-state index contributed by atoms with van der Waals surface area (Å²) in [6.45, 7) is 1.49. The zero-order chi connectivity index (χ0) is 17.3. The van der Waals surface area contributed by atoms with Crippen molar-refractivity contribution in [3.63, 3.8) is 0 Å². The molecule has 0 aliphatic rings. The molecule has 0 fully saturated rings. The number of ketones is 1. The van der Waals surface area contributed by atoms with Gasteiger partial charge in [-0.15, -0.1) is 0 Å². The SMILES string of the molecule is COC(=O)c1cc(F)cc(-c2cc(C(C)=O)cc3ccccc23)c1. The molecule has 0 heterocycles. The topological polar surface area (TPSA) is 43.4 Å². The fraction of sp³-hybridized carbons (Fsp3) is 0.100. The average molecular weight is 322 g/mol. The quantitative estimate of drug-likeness (QED) is 0.521. The third kappa shape index (κ3) is 2.91. The first-order valence-electron chi connectivity index (χ1n) is 7.42. The summed E-state index contributed by atoms with van der Waals surface area (Å²) in [6, 6.07) is 15.1. The Bertz CT molecular complexity index is 960. The Morgan fingerprint density at radius 1 is 0.958 bits per heavy atom. The second-order valence-electron chi connectivity index (χ2n) is 5.52. The van der Waals surface area contributed by atoms with E-state index in [1.165, 1.54) is 20.1 Å². The van der Waals surface area contributed by atoms with Gasteiger partial charge in [-0.25, -0.2) is 9.18 Å². The normalized spacial score (nSPS) is 10.6. The molecule has 3 aromatic rings. The number of esters is 1. The van der Waals surface area contributed by atoms with Gasteiger partial charge in [-0.05, 0) is 59.2 Å². The van der Waals surface area contributed by atoms with Gasteiger partial charge in [0.25, 0.3) is 0 Å². The average Bonchev–Trinajstić information content (AvgIpc) is 2.59. The number of carbonyl (C=O) groups is 2. The van der Waals surface area contributed by atoms with E-state index in [9.17, 15) is 14.0 Å². The van der Waals surface area contributed by atoms with Gasteiger partial charge in [0.05, 0.1) is 12.7 Å². The Morgan fingerprint density at radius 3 is 2.42 bits per heavy atom. The number of benzene rings is 3. The molecule has 4 heteroatoms. The number of carbonyl (C=O) groups excluding carboxylic acids is 2. The molecule has 0 aliphatic carbocycles. The van der Waals surface area contributed by atoms with Gasteiger partial charge in [0.15, 0.2) is 5.78 Å². The van der Waals surface area contributed by atoms with Gasteiger partial charge in [0.1, 0.15) is 5.82 Å². The molecule has 0 N–H and O–H groups in total. The molecule has 3 aromatic carbocycles. The minimum Gasteiger partial charge on any atom is -0.465 e. The predicted molar refractivity (Wildman–Crippen MR) is 90.7 cm³/mol. The molecule has 3 rings (SSSR count). The highest BCUT2D eigenvalue weighted by molar-refractivity contribution is 6.05. The number of halogens is 1. The zero-order valence-corrected chi connectivity index (χ0v) is 13.3. The Kier molecular flexibility index (Phi) is 4.13. The fourth-order valence-corrected chi connectivity index (χ4v) is 2.73. The largest absolute Gasteiger partial charge is 0.465 e. The Balaban J connectivity index is 2.31. The van der Waals surface area contributed by atoms with Crippen molar-refractivity contribution in [1.82, 2.24) is 0 Å². The number of Topliss-reactive ketones (excluding diaryl/α,β-unsaturated/α-hetero) is 1. The summed E-state index contributed by atoms with van der Waals surface area (Å²) < 4.78 is 18.7. The maximum atomic E-state index is 14.0. The van der Waals surface area contributed by atoms with Crippen LogP contribution < -0.4 is 0 Å². The van der Waals surface area contributed by atoms with Gasteiger partial charge in [-0.1, -0.05) is 24.3 Å². The summed E-state index contributed by atoms with van der Waals surface area (Å²) in [7, 11) is 1.25. The zero-order valence-electron chi connectivity index (χ0n) is 13.3. The summed E-state index contributed by atoms with van der Waals surface area (Å²) in [4.78, 5) is 23.6. The van der Waals surface area contributed by atoms with Gasteiger partial charge >= 0.3 is 5.97 Å². The molecule has 3 nitrogen and oxygen atoms in total. The first-order valence-corrected chi connectivity index (χ1v) is 7.42. The number of hydrogen-bond donors (Lipinski definition) is 0. The molecule has 0 aromatic heterocycles. The summed E-state index contributed by atoms with van der Waals surface area (Å²) in [5, 5.41) is 1.76. The molecule has 0 saturated heterocycles. The third-order valence-electron chi connectivity index (χ3n) is 3.90. The van der Waals surface area contributed by atoms with Crippen LogP contribution in [0.3, 0.4) is 0 Å². The van der Waals surface area contributed by atoms with Crippen molar-refractivity contribution in [3.8, 4) is 11.1 Å². The third-order valence-corrected chi connectivity index (χ3v) is 3.90. The molecule has 0 radical (unpaired) electrons. The second kappa shape index (κ2) is 6.24. The number of rotatable bonds is 3. The van der Waals surface area contributed by atoms with Crippen molar-refractivity contribution < 1.29 is 18.7 Å². The summed E-state index contributed by atoms with van der Waals surface area (Å²) in [5.41, 5.74) is 1.88. The van der Waals surface area contributed by atoms with E-state index in [0.717, 1.165) is 16.8 Å². The predicted octanol–water partition coefficient (Wildman–Crippen LogP) is 4.64. The van der Waals surface area contributed by atoms with Crippen molar-refractivity contribution in [1.29, 1.82) is 0 Å². The summed E-state index contributed by atoms with van der Waals surface area (Å²) >= 11 is 0. The molecule has 0 spiro atoms. The van der Waals surface area contributed by atoms with Crippen LogP contribution in [0.1, 0.15) is 27.6 Å². The molecule has 0 amide bonds. The number of hydrogen-bond acceptors (Lipinski definition) is 3. The van der Waals surface area contributed by atoms with Crippen molar-refractivity contribution in [2.24, 2.45) is 0 Å². The minimum atomic E-state index is -0.609. The Labute approximate surface area is 138 Å². The summed E-state index contributed by atoms with van der Waals surface area (Å²) in [6.07, 6.45) is 0. The highest BCUT2D eigenvalue weighted by atomic mass is 19.1. The van der Waals surface area contributed by atoms with Crippen LogP contribution in [0, 0.1) is 5.82 Å². The van der Waals surface area contributed by atoms with Crippen LogP contribution in [-0.2, 0) is 4.74 Å². The lowest BCUT2D eigenvalue weighted by molar-refractivity contribution is 0.0600. The first-order chi connectivity index (χ1) is 11.5. The standard InChI is InChI=1S/C20H15FO3/c1-12(22)14-7-13-5-3-4-6-18(13)19(11-14)15-8-16(20(23)24-2)10-17(21)9-15/h3-11H,1-2H3. The lowest BCUT2D eigenvalue weighted by atomic mass is 9.93. The van der Waals surface area contributed by atoms with E-state index in [-0.39, 0.29) is 11.3 Å². The Hall–Kier alpha value is -3.01. The molecule has 0 atom stereocenters. The van der Waals surface area contributed by atoms with Crippen molar-refractivity contribution in [3.05, 3.63) is 71.5 Å². The molecule has 0 unspecified atom stereocenters. The second-order valence-corrected chi connectivity index (χ2v) is 5.52. The first kappa shape index (κ1) is 15.9. The van der Waals surface area contributed by atoms with Crippen molar-refractivity contribution in [2.45, 2.75) is 6.92 Å². The van der Waals surface area contributed by atoms with Crippen LogP contribution in [0.25, 0.3) is 21.9 Å². The van der Waals surface area contributed by atoms with E-state index in [0.29, 0.717) is 16.7 Å².